The molecule has 1 saturated heterocycles. The summed E-state index contributed by atoms with van der Waals surface area (Å²) in [6, 6.07) is 9.93. The molecule has 0 spiro atoms. The topological polar surface area (TPSA) is 62.6 Å². The number of furan rings is 1. The summed E-state index contributed by atoms with van der Waals surface area (Å²) in [5, 5.41) is 3.29. The summed E-state index contributed by atoms with van der Waals surface area (Å²) in [5.74, 6) is 0.0804. The second-order valence-electron chi connectivity index (χ2n) is 5.05. The first-order valence-corrected chi connectivity index (χ1v) is 6.81. The zero-order valence-electron chi connectivity index (χ0n) is 11.3. The molecule has 5 nitrogen and oxygen atoms in total. The number of imide groups is 1. The van der Waals surface area contributed by atoms with Gasteiger partial charge in [0.25, 0.3) is 5.91 Å². The normalized spacial score (nSPS) is 21.7. The molecule has 2 heterocycles. The third kappa shape index (κ3) is 2.29. The highest BCUT2D eigenvalue weighted by atomic mass is 35.5. The number of urea groups is 1. The molecule has 0 aliphatic carbocycles. The van der Waals surface area contributed by atoms with Crippen molar-refractivity contribution >= 4 is 23.5 Å². The van der Waals surface area contributed by atoms with Crippen LogP contribution in [0.5, 0.6) is 0 Å². The zero-order valence-corrected chi connectivity index (χ0v) is 12.1. The largest absolute Gasteiger partial charge is 0.466 e. The van der Waals surface area contributed by atoms with E-state index in [1.807, 2.05) is 0 Å². The Balaban J connectivity index is 1.86. The predicted molar refractivity (Wildman–Crippen MR) is 76.6 cm³/mol. The van der Waals surface area contributed by atoms with Gasteiger partial charge in [0.1, 0.15) is 5.76 Å². The van der Waals surface area contributed by atoms with E-state index in [1.54, 1.807) is 43.3 Å². The van der Waals surface area contributed by atoms with Crippen LogP contribution in [0.1, 0.15) is 18.2 Å². The molecule has 1 N–H and O–H groups in total. The number of benzene rings is 1. The van der Waals surface area contributed by atoms with Gasteiger partial charge in [-0.05, 0) is 36.8 Å². The number of carbonyl (C=O) groups is 2. The van der Waals surface area contributed by atoms with Crippen molar-refractivity contribution in [1.29, 1.82) is 0 Å². The maximum absolute atomic E-state index is 12.6. The molecule has 1 aromatic heterocycles. The first-order chi connectivity index (χ1) is 10.0. The van der Waals surface area contributed by atoms with E-state index in [-0.39, 0.29) is 12.5 Å². The number of nitrogens with one attached hydrogen (secondary N) is 1. The summed E-state index contributed by atoms with van der Waals surface area (Å²) in [4.78, 5) is 25.8. The van der Waals surface area contributed by atoms with Crippen LogP contribution in [0.15, 0.2) is 47.1 Å². The second-order valence-corrected chi connectivity index (χ2v) is 5.49. The first kappa shape index (κ1) is 13.7. The van der Waals surface area contributed by atoms with E-state index in [2.05, 4.69) is 5.32 Å². The van der Waals surface area contributed by atoms with Gasteiger partial charge in [-0.1, -0.05) is 23.7 Å². The van der Waals surface area contributed by atoms with Gasteiger partial charge >= 0.3 is 6.03 Å². The van der Waals surface area contributed by atoms with Crippen molar-refractivity contribution in [2.45, 2.75) is 19.0 Å². The SMILES string of the molecule is C[C@]1(c2ccco2)NC(=O)N(Cc2ccc(Cl)cc2)C1=O. The Labute approximate surface area is 126 Å². The average Bonchev–Trinajstić information content (AvgIpc) is 3.06. The lowest BCUT2D eigenvalue weighted by molar-refractivity contribution is -0.132. The molecule has 3 rings (SSSR count). The summed E-state index contributed by atoms with van der Waals surface area (Å²) < 4.78 is 5.27. The Morgan fingerprint density at radius 1 is 1.24 bits per heavy atom. The van der Waals surface area contributed by atoms with Crippen LogP contribution in [0.3, 0.4) is 0 Å². The average molecular weight is 305 g/mol. The van der Waals surface area contributed by atoms with Crippen LogP contribution in [0.2, 0.25) is 5.02 Å². The van der Waals surface area contributed by atoms with Crippen LogP contribution in [0.4, 0.5) is 4.79 Å². The Bertz CT molecular complexity index is 681. The number of nitrogens with zero attached hydrogens (tertiary/aromatic N) is 1. The van der Waals surface area contributed by atoms with Crippen molar-refractivity contribution in [3.63, 3.8) is 0 Å². The minimum atomic E-state index is -1.16. The van der Waals surface area contributed by atoms with Crippen molar-refractivity contribution in [3.05, 3.63) is 59.0 Å². The van der Waals surface area contributed by atoms with Gasteiger partial charge in [-0.25, -0.2) is 4.79 Å². The molecule has 1 atom stereocenters. The highest BCUT2D eigenvalue weighted by Crippen LogP contribution is 2.30. The van der Waals surface area contributed by atoms with Gasteiger partial charge < -0.3 is 9.73 Å². The summed E-state index contributed by atoms with van der Waals surface area (Å²) in [6.45, 7) is 1.83. The van der Waals surface area contributed by atoms with Gasteiger partial charge in [0.2, 0.25) is 0 Å². The third-order valence-electron chi connectivity index (χ3n) is 3.54. The Kier molecular flexibility index (Phi) is 3.22. The summed E-state index contributed by atoms with van der Waals surface area (Å²) in [5.41, 5.74) is -0.334. The number of hydrogen-bond donors (Lipinski definition) is 1. The van der Waals surface area contributed by atoms with E-state index in [0.717, 1.165) is 5.56 Å². The lowest BCUT2D eigenvalue weighted by Gasteiger charge is -2.19. The predicted octanol–water partition coefficient (Wildman–Crippen LogP) is 2.90. The second kappa shape index (κ2) is 4.93. The molecular weight excluding hydrogens is 292 g/mol. The monoisotopic (exact) mass is 304 g/mol. The van der Waals surface area contributed by atoms with Gasteiger partial charge in [0.15, 0.2) is 5.54 Å². The molecular formula is C15H13ClN2O3. The third-order valence-corrected chi connectivity index (χ3v) is 3.79. The van der Waals surface area contributed by atoms with E-state index in [4.69, 9.17) is 16.0 Å². The van der Waals surface area contributed by atoms with Gasteiger partial charge in [0, 0.05) is 5.02 Å². The van der Waals surface area contributed by atoms with Crippen molar-refractivity contribution in [3.8, 4) is 0 Å². The minimum Gasteiger partial charge on any atom is -0.466 e. The fraction of sp³-hybridized carbons (Fsp3) is 0.200. The maximum Gasteiger partial charge on any atom is 0.325 e. The van der Waals surface area contributed by atoms with Crippen molar-refractivity contribution < 1.29 is 14.0 Å². The fourth-order valence-electron chi connectivity index (χ4n) is 2.34. The van der Waals surface area contributed by atoms with Crippen molar-refractivity contribution in [1.82, 2.24) is 10.2 Å². The fourth-order valence-corrected chi connectivity index (χ4v) is 2.47. The molecule has 108 valence electrons. The van der Waals surface area contributed by atoms with E-state index < -0.39 is 11.6 Å². The van der Waals surface area contributed by atoms with Gasteiger partial charge in [-0.2, -0.15) is 0 Å². The van der Waals surface area contributed by atoms with Gasteiger partial charge in [0.05, 0.1) is 12.8 Å². The molecule has 1 aliphatic rings. The molecule has 1 aliphatic heterocycles. The van der Waals surface area contributed by atoms with E-state index in [1.165, 1.54) is 11.2 Å². The summed E-state index contributed by atoms with van der Waals surface area (Å²) in [6.07, 6.45) is 1.47. The molecule has 1 fully saturated rings. The highest BCUT2D eigenvalue weighted by molar-refractivity contribution is 6.30. The van der Waals surface area contributed by atoms with E-state index >= 15 is 0 Å². The molecule has 3 amide bonds. The number of carbonyl (C=O) groups excluding carboxylic acids is 2. The zero-order chi connectivity index (χ0) is 15.0. The molecule has 0 bridgehead atoms. The first-order valence-electron chi connectivity index (χ1n) is 6.43. The van der Waals surface area contributed by atoms with Crippen molar-refractivity contribution in [2.24, 2.45) is 0 Å². The molecule has 21 heavy (non-hydrogen) atoms. The Hall–Kier alpha value is -2.27. The van der Waals surface area contributed by atoms with Crippen LogP contribution in [-0.4, -0.2) is 16.8 Å². The van der Waals surface area contributed by atoms with Gasteiger partial charge in [-0.15, -0.1) is 0 Å². The standard InChI is InChI=1S/C15H13ClN2O3/c1-15(12-3-2-8-21-12)13(19)18(14(20)17-15)9-10-4-6-11(16)7-5-10/h2-8H,9H2,1H3,(H,17,20)/t15-/m1/s1. The van der Waals surface area contributed by atoms with Crippen LogP contribution in [-0.2, 0) is 16.9 Å². The quantitative estimate of drug-likeness (QED) is 0.887. The number of hydrogen-bond acceptors (Lipinski definition) is 3. The molecule has 0 saturated carbocycles. The molecule has 0 radical (unpaired) electrons. The maximum atomic E-state index is 12.6. The lowest BCUT2D eigenvalue weighted by atomic mass is 9.99. The van der Waals surface area contributed by atoms with E-state index in [9.17, 15) is 9.59 Å². The van der Waals surface area contributed by atoms with Crippen LogP contribution >= 0.6 is 11.6 Å². The number of amides is 3. The number of halogens is 1. The Morgan fingerprint density at radius 2 is 1.95 bits per heavy atom. The summed E-state index contributed by atoms with van der Waals surface area (Å²) in [7, 11) is 0. The molecule has 1 aromatic carbocycles. The lowest BCUT2D eigenvalue weighted by Crippen LogP contribution is -2.40. The van der Waals surface area contributed by atoms with Crippen molar-refractivity contribution in [2.75, 3.05) is 0 Å². The Morgan fingerprint density at radius 3 is 2.57 bits per heavy atom. The van der Waals surface area contributed by atoms with E-state index in [0.29, 0.717) is 10.8 Å². The molecule has 2 aromatic rings. The minimum absolute atomic E-state index is 0.193. The van der Waals surface area contributed by atoms with Crippen LogP contribution in [0, 0.1) is 0 Å². The van der Waals surface area contributed by atoms with Gasteiger partial charge in [-0.3, -0.25) is 9.69 Å². The number of rotatable bonds is 3. The van der Waals surface area contributed by atoms with Crippen LogP contribution < -0.4 is 5.32 Å². The smallest absolute Gasteiger partial charge is 0.325 e. The van der Waals surface area contributed by atoms with Crippen LogP contribution in [0.25, 0.3) is 0 Å². The summed E-state index contributed by atoms with van der Waals surface area (Å²) >= 11 is 5.83. The molecule has 0 unspecified atom stereocenters. The molecule has 6 heteroatoms. The highest BCUT2D eigenvalue weighted by Gasteiger charge is 2.50.